The van der Waals surface area contributed by atoms with Crippen LogP contribution in [0.5, 0.6) is 0 Å². The molecule has 0 aliphatic rings. The van der Waals surface area contributed by atoms with Crippen LogP contribution < -0.4 is 5.32 Å². The van der Waals surface area contributed by atoms with E-state index in [9.17, 15) is 4.39 Å². The molecule has 0 spiro atoms. The molecule has 1 atom stereocenters. The number of halogens is 2. The largest absolute Gasteiger partial charge is 0.375 e. The van der Waals surface area contributed by atoms with Gasteiger partial charge in [0, 0.05) is 0 Å². The first-order valence-electron chi connectivity index (χ1n) is 6.11. The highest BCUT2D eigenvalue weighted by atomic mass is 35.5. The summed E-state index contributed by atoms with van der Waals surface area (Å²) in [6.07, 6.45) is 2.06. The van der Waals surface area contributed by atoms with Gasteiger partial charge >= 0.3 is 0 Å². The number of hydrogen-bond acceptors (Lipinski definition) is 3. The Morgan fingerprint density at radius 2 is 2.11 bits per heavy atom. The van der Waals surface area contributed by atoms with Crippen LogP contribution in [0.4, 0.5) is 10.1 Å². The quantitative estimate of drug-likeness (QED) is 0.855. The molecular formula is C14H15ClFN3. The van der Waals surface area contributed by atoms with Crippen molar-refractivity contribution in [3.8, 4) is 0 Å². The minimum Gasteiger partial charge on any atom is -0.375 e. The van der Waals surface area contributed by atoms with Gasteiger partial charge in [-0.3, -0.25) is 4.98 Å². The standard InChI is InChI=1S/C14H15ClFN3/c1-3-11(13-5-4-10(16)8-17-13)19-12-6-7-14(15)18-9(12)2/h4-8,11,19H,3H2,1-2H3. The van der Waals surface area contributed by atoms with Crippen LogP contribution in [-0.2, 0) is 0 Å². The number of pyridine rings is 2. The van der Waals surface area contributed by atoms with E-state index in [1.807, 2.05) is 19.9 Å². The van der Waals surface area contributed by atoms with Gasteiger partial charge in [0.2, 0.25) is 0 Å². The van der Waals surface area contributed by atoms with Crippen molar-refractivity contribution in [3.63, 3.8) is 0 Å². The monoisotopic (exact) mass is 279 g/mol. The Balaban J connectivity index is 2.21. The van der Waals surface area contributed by atoms with Crippen molar-refractivity contribution < 1.29 is 4.39 Å². The minimum atomic E-state index is -0.331. The second-order valence-corrected chi connectivity index (χ2v) is 4.66. The van der Waals surface area contributed by atoms with Gasteiger partial charge in [0.1, 0.15) is 11.0 Å². The fraction of sp³-hybridized carbons (Fsp3) is 0.286. The molecule has 5 heteroatoms. The molecule has 2 aromatic rings. The fourth-order valence-corrected chi connectivity index (χ4v) is 2.04. The number of nitrogens with zero attached hydrogens (tertiary/aromatic N) is 2. The Hall–Kier alpha value is -1.68. The molecule has 3 nitrogen and oxygen atoms in total. The number of hydrogen-bond donors (Lipinski definition) is 1. The van der Waals surface area contributed by atoms with Crippen molar-refractivity contribution in [3.05, 3.63) is 52.8 Å². The normalized spacial score (nSPS) is 12.2. The van der Waals surface area contributed by atoms with Crippen molar-refractivity contribution >= 4 is 17.3 Å². The summed E-state index contributed by atoms with van der Waals surface area (Å²) in [5.41, 5.74) is 2.54. The van der Waals surface area contributed by atoms with E-state index in [2.05, 4.69) is 15.3 Å². The maximum absolute atomic E-state index is 12.9. The lowest BCUT2D eigenvalue weighted by Crippen LogP contribution is -2.12. The smallest absolute Gasteiger partial charge is 0.141 e. The van der Waals surface area contributed by atoms with Crippen LogP contribution in [0.1, 0.15) is 30.8 Å². The molecule has 19 heavy (non-hydrogen) atoms. The van der Waals surface area contributed by atoms with E-state index in [0.29, 0.717) is 5.15 Å². The molecule has 0 fully saturated rings. The zero-order chi connectivity index (χ0) is 13.8. The van der Waals surface area contributed by atoms with Crippen LogP contribution in [0.3, 0.4) is 0 Å². The molecule has 0 aromatic carbocycles. The summed E-state index contributed by atoms with van der Waals surface area (Å²) in [6.45, 7) is 3.93. The molecule has 2 aromatic heterocycles. The summed E-state index contributed by atoms with van der Waals surface area (Å²) in [7, 11) is 0. The molecule has 0 saturated heterocycles. The van der Waals surface area contributed by atoms with Gasteiger partial charge in [-0.15, -0.1) is 0 Å². The number of nitrogens with one attached hydrogen (secondary N) is 1. The molecule has 0 aliphatic carbocycles. The van der Waals surface area contributed by atoms with Crippen molar-refractivity contribution in [1.82, 2.24) is 9.97 Å². The molecule has 2 rings (SSSR count). The first kappa shape index (κ1) is 13.7. The molecule has 1 N–H and O–H groups in total. The molecule has 100 valence electrons. The third kappa shape index (κ3) is 3.41. The van der Waals surface area contributed by atoms with Crippen molar-refractivity contribution in [1.29, 1.82) is 0 Å². The number of aryl methyl sites for hydroxylation is 1. The molecule has 0 radical (unpaired) electrons. The third-order valence-corrected chi connectivity index (χ3v) is 3.11. The lowest BCUT2D eigenvalue weighted by Gasteiger charge is -2.19. The summed E-state index contributed by atoms with van der Waals surface area (Å²) in [5.74, 6) is -0.331. The van der Waals surface area contributed by atoms with Crippen molar-refractivity contribution in [2.75, 3.05) is 5.32 Å². The highest BCUT2D eigenvalue weighted by molar-refractivity contribution is 6.29. The van der Waals surface area contributed by atoms with Crippen LogP contribution in [0.25, 0.3) is 0 Å². The lowest BCUT2D eigenvalue weighted by atomic mass is 10.1. The van der Waals surface area contributed by atoms with Gasteiger partial charge in [0.05, 0.1) is 29.3 Å². The van der Waals surface area contributed by atoms with Gasteiger partial charge in [-0.1, -0.05) is 18.5 Å². The highest BCUT2D eigenvalue weighted by Crippen LogP contribution is 2.23. The maximum atomic E-state index is 12.9. The van der Waals surface area contributed by atoms with E-state index in [1.54, 1.807) is 12.1 Å². The van der Waals surface area contributed by atoms with Crippen molar-refractivity contribution in [2.45, 2.75) is 26.3 Å². The maximum Gasteiger partial charge on any atom is 0.141 e. The Bertz CT molecular complexity index is 557. The summed E-state index contributed by atoms with van der Waals surface area (Å²) in [5, 5.41) is 3.82. The summed E-state index contributed by atoms with van der Waals surface area (Å²) in [4.78, 5) is 8.30. The number of aromatic nitrogens is 2. The van der Waals surface area contributed by atoms with Crippen LogP contribution >= 0.6 is 11.6 Å². The predicted molar refractivity (Wildman–Crippen MR) is 74.8 cm³/mol. The van der Waals surface area contributed by atoms with Crippen LogP contribution in [-0.4, -0.2) is 9.97 Å². The third-order valence-electron chi connectivity index (χ3n) is 2.90. The zero-order valence-electron chi connectivity index (χ0n) is 10.8. The van der Waals surface area contributed by atoms with E-state index >= 15 is 0 Å². The first-order chi connectivity index (χ1) is 9.10. The fourth-order valence-electron chi connectivity index (χ4n) is 1.85. The van der Waals surface area contributed by atoms with Gasteiger partial charge in [-0.2, -0.15) is 0 Å². The Kier molecular flexibility index (Phi) is 4.32. The Labute approximate surface area is 116 Å². The molecule has 2 heterocycles. The van der Waals surface area contributed by atoms with Crippen LogP contribution in [0.15, 0.2) is 30.5 Å². The van der Waals surface area contributed by atoms with E-state index in [-0.39, 0.29) is 11.9 Å². The highest BCUT2D eigenvalue weighted by Gasteiger charge is 2.12. The van der Waals surface area contributed by atoms with E-state index < -0.39 is 0 Å². The van der Waals surface area contributed by atoms with E-state index in [0.717, 1.165) is 23.5 Å². The first-order valence-corrected chi connectivity index (χ1v) is 6.49. The molecule has 0 aliphatic heterocycles. The average molecular weight is 280 g/mol. The SMILES string of the molecule is CCC(Nc1ccc(Cl)nc1C)c1ccc(F)cn1. The van der Waals surface area contributed by atoms with Gasteiger partial charge in [0.25, 0.3) is 0 Å². The number of anilines is 1. The second kappa shape index (κ2) is 5.97. The zero-order valence-corrected chi connectivity index (χ0v) is 11.6. The predicted octanol–water partition coefficient (Wildman–Crippen LogP) is 4.14. The van der Waals surface area contributed by atoms with E-state index in [1.165, 1.54) is 12.3 Å². The van der Waals surface area contributed by atoms with Gasteiger partial charge in [-0.05, 0) is 37.6 Å². The summed E-state index contributed by atoms with van der Waals surface area (Å²) in [6, 6.07) is 6.75. The topological polar surface area (TPSA) is 37.8 Å². The summed E-state index contributed by atoms with van der Waals surface area (Å²) >= 11 is 5.83. The summed E-state index contributed by atoms with van der Waals surface area (Å²) < 4.78 is 12.9. The Morgan fingerprint density at radius 1 is 1.32 bits per heavy atom. The Morgan fingerprint density at radius 3 is 2.68 bits per heavy atom. The second-order valence-electron chi connectivity index (χ2n) is 4.27. The van der Waals surface area contributed by atoms with Crippen LogP contribution in [0.2, 0.25) is 5.15 Å². The lowest BCUT2D eigenvalue weighted by molar-refractivity contribution is 0.614. The molecule has 1 unspecified atom stereocenters. The number of rotatable bonds is 4. The minimum absolute atomic E-state index is 0.0160. The van der Waals surface area contributed by atoms with Gasteiger partial charge < -0.3 is 5.32 Å². The van der Waals surface area contributed by atoms with Crippen LogP contribution in [0, 0.1) is 12.7 Å². The molecule has 0 saturated carbocycles. The molecular weight excluding hydrogens is 265 g/mol. The van der Waals surface area contributed by atoms with Gasteiger partial charge in [-0.25, -0.2) is 9.37 Å². The average Bonchev–Trinajstić information content (AvgIpc) is 2.39. The van der Waals surface area contributed by atoms with Gasteiger partial charge in [0.15, 0.2) is 0 Å². The van der Waals surface area contributed by atoms with E-state index in [4.69, 9.17) is 11.6 Å². The molecule has 0 bridgehead atoms. The molecule has 0 amide bonds. The van der Waals surface area contributed by atoms with Crippen molar-refractivity contribution in [2.24, 2.45) is 0 Å².